The van der Waals surface area contributed by atoms with E-state index in [1.54, 1.807) is 14.2 Å². The highest BCUT2D eigenvalue weighted by atomic mass is 16.8. The summed E-state index contributed by atoms with van der Waals surface area (Å²) in [6.45, 7) is 4.45. The molecule has 100 valence electrons. The van der Waals surface area contributed by atoms with Crippen LogP contribution in [0.25, 0.3) is 0 Å². The Hall–Kier alpha value is -0.160. The lowest BCUT2D eigenvalue weighted by molar-refractivity contribution is -0.390. The van der Waals surface area contributed by atoms with Crippen molar-refractivity contribution in [3.05, 3.63) is 0 Å². The van der Waals surface area contributed by atoms with Crippen LogP contribution in [0.2, 0.25) is 0 Å². The maximum absolute atomic E-state index is 6.01. The van der Waals surface area contributed by atoms with Gasteiger partial charge in [-0.25, -0.2) is 0 Å². The lowest BCUT2D eigenvalue weighted by Crippen LogP contribution is -2.52. The molecule has 0 saturated carbocycles. The minimum Gasteiger partial charge on any atom is -0.356 e. The van der Waals surface area contributed by atoms with Gasteiger partial charge in [0, 0.05) is 39.9 Å². The Kier molecular flexibility index (Phi) is 4.08. The molecule has 2 fully saturated rings. The Morgan fingerprint density at radius 3 is 1.65 bits per heavy atom. The highest BCUT2D eigenvalue weighted by molar-refractivity contribution is 4.85. The summed E-state index contributed by atoms with van der Waals surface area (Å²) in [7, 11) is 3.38. The van der Waals surface area contributed by atoms with E-state index in [1.165, 1.54) is 0 Å². The SMILES string of the molecule is CO[C@@H]1CC(C)CC2(C[C@H](C)C[C@@H](OC)O2)O1. The number of rotatable bonds is 2. The molecule has 2 rings (SSSR count). The second-order valence-electron chi connectivity index (χ2n) is 5.57. The zero-order valence-electron chi connectivity index (χ0n) is 11.3. The predicted octanol–water partition coefficient (Wildman–Crippen LogP) is 2.52. The number of hydrogen-bond donors (Lipinski definition) is 0. The Morgan fingerprint density at radius 1 is 0.882 bits per heavy atom. The van der Waals surface area contributed by atoms with E-state index in [1.807, 2.05) is 0 Å². The largest absolute Gasteiger partial charge is 0.356 e. The Labute approximate surface area is 104 Å². The van der Waals surface area contributed by atoms with E-state index < -0.39 is 5.79 Å². The maximum Gasteiger partial charge on any atom is 0.175 e. The van der Waals surface area contributed by atoms with Gasteiger partial charge in [0.15, 0.2) is 18.4 Å². The Balaban J connectivity index is 2.10. The second kappa shape index (κ2) is 5.22. The van der Waals surface area contributed by atoms with Gasteiger partial charge in [-0.15, -0.1) is 0 Å². The Morgan fingerprint density at radius 2 is 1.29 bits per heavy atom. The summed E-state index contributed by atoms with van der Waals surface area (Å²) < 4.78 is 22.7. The quantitative estimate of drug-likeness (QED) is 0.748. The van der Waals surface area contributed by atoms with Crippen LogP contribution in [0, 0.1) is 11.8 Å². The average Bonchev–Trinajstić information content (AvgIpc) is 2.26. The molecule has 0 aromatic carbocycles. The molecule has 2 aliphatic rings. The minimum absolute atomic E-state index is 0.151. The summed E-state index contributed by atoms with van der Waals surface area (Å²) in [4.78, 5) is 0. The Bertz CT molecular complexity index is 230. The van der Waals surface area contributed by atoms with E-state index in [2.05, 4.69) is 13.8 Å². The van der Waals surface area contributed by atoms with Gasteiger partial charge in [-0.1, -0.05) is 13.8 Å². The van der Waals surface area contributed by atoms with Crippen LogP contribution in [0.4, 0.5) is 0 Å². The molecule has 0 aromatic heterocycles. The van der Waals surface area contributed by atoms with E-state index in [9.17, 15) is 0 Å². The van der Waals surface area contributed by atoms with Gasteiger partial charge in [0.05, 0.1) is 0 Å². The number of hydrogen-bond acceptors (Lipinski definition) is 4. The van der Waals surface area contributed by atoms with Crippen LogP contribution in [0.15, 0.2) is 0 Å². The van der Waals surface area contributed by atoms with Crippen molar-refractivity contribution in [1.82, 2.24) is 0 Å². The zero-order valence-corrected chi connectivity index (χ0v) is 11.3. The van der Waals surface area contributed by atoms with Gasteiger partial charge >= 0.3 is 0 Å². The molecule has 0 N–H and O–H groups in total. The molecule has 2 saturated heterocycles. The predicted molar refractivity (Wildman–Crippen MR) is 63.3 cm³/mol. The molecule has 4 heteroatoms. The third-order valence-corrected chi connectivity index (χ3v) is 3.73. The monoisotopic (exact) mass is 244 g/mol. The van der Waals surface area contributed by atoms with Gasteiger partial charge in [0.1, 0.15) is 0 Å². The molecule has 17 heavy (non-hydrogen) atoms. The first-order chi connectivity index (χ1) is 8.07. The average molecular weight is 244 g/mol. The first kappa shape index (κ1) is 13.3. The standard InChI is InChI=1S/C13H24O4/c1-9-5-11(14-3)16-13(7-9)8-10(2)6-12(15-4)17-13/h9-12H,5-8H2,1-4H3/t9-,10?,11+,12+,13?/m1/s1. The van der Waals surface area contributed by atoms with Crippen LogP contribution in [0.3, 0.4) is 0 Å². The fourth-order valence-corrected chi connectivity index (χ4v) is 3.05. The smallest absolute Gasteiger partial charge is 0.175 e. The molecule has 2 unspecified atom stereocenters. The summed E-state index contributed by atoms with van der Waals surface area (Å²) in [5, 5.41) is 0. The molecule has 0 bridgehead atoms. The third kappa shape index (κ3) is 2.99. The molecule has 0 aromatic rings. The van der Waals surface area contributed by atoms with Gasteiger partial charge in [0.25, 0.3) is 0 Å². The molecule has 5 atom stereocenters. The summed E-state index contributed by atoms with van der Waals surface area (Å²) in [5.41, 5.74) is 0. The lowest BCUT2D eigenvalue weighted by atomic mass is 9.85. The fourth-order valence-electron chi connectivity index (χ4n) is 3.05. The van der Waals surface area contributed by atoms with Crippen molar-refractivity contribution >= 4 is 0 Å². The number of methoxy groups -OCH3 is 2. The molecule has 1 spiro atoms. The molecular formula is C13H24O4. The van der Waals surface area contributed by atoms with Gasteiger partial charge in [-0.05, 0) is 11.8 Å². The van der Waals surface area contributed by atoms with Crippen molar-refractivity contribution < 1.29 is 18.9 Å². The number of ether oxygens (including phenoxy) is 4. The van der Waals surface area contributed by atoms with Crippen LogP contribution in [0.1, 0.15) is 39.5 Å². The first-order valence-electron chi connectivity index (χ1n) is 6.48. The fraction of sp³-hybridized carbons (Fsp3) is 1.00. The van der Waals surface area contributed by atoms with Crippen LogP contribution in [-0.4, -0.2) is 32.6 Å². The highest BCUT2D eigenvalue weighted by Gasteiger charge is 2.47. The topological polar surface area (TPSA) is 36.9 Å². The molecule has 4 nitrogen and oxygen atoms in total. The molecule has 0 radical (unpaired) electrons. The first-order valence-corrected chi connectivity index (χ1v) is 6.48. The molecular weight excluding hydrogens is 220 g/mol. The van der Waals surface area contributed by atoms with Crippen molar-refractivity contribution in [2.75, 3.05) is 14.2 Å². The molecule has 2 aliphatic heterocycles. The second-order valence-corrected chi connectivity index (χ2v) is 5.57. The summed E-state index contributed by atoms with van der Waals surface area (Å²) in [5.74, 6) is 0.601. The van der Waals surface area contributed by atoms with Crippen molar-refractivity contribution in [2.24, 2.45) is 11.8 Å². The van der Waals surface area contributed by atoms with Gasteiger partial charge < -0.3 is 18.9 Å². The van der Waals surface area contributed by atoms with Crippen LogP contribution in [0.5, 0.6) is 0 Å². The van der Waals surface area contributed by atoms with E-state index >= 15 is 0 Å². The molecule has 0 amide bonds. The summed E-state index contributed by atoms with van der Waals surface area (Å²) in [6.07, 6.45) is 3.43. The van der Waals surface area contributed by atoms with Crippen molar-refractivity contribution in [3.8, 4) is 0 Å². The maximum atomic E-state index is 6.01. The summed E-state index contributed by atoms with van der Waals surface area (Å²) in [6, 6.07) is 0. The van der Waals surface area contributed by atoms with Crippen molar-refractivity contribution in [1.29, 1.82) is 0 Å². The summed E-state index contributed by atoms with van der Waals surface area (Å²) >= 11 is 0. The minimum atomic E-state index is -0.503. The van der Waals surface area contributed by atoms with E-state index in [0.29, 0.717) is 11.8 Å². The van der Waals surface area contributed by atoms with Gasteiger partial charge in [-0.2, -0.15) is 0 Å². The van der Waals surface area contributed by atoms with Crippen LogP contribution >= 0.6 is 0 Å². The van der Waals surface area contributed by atoms with E-state index in [4.69, 9.17) is 18.9 Å². The van der Waals surface area contributed by atoms with Crippen molar-refractivity contribution in [3.63, 3.8) is 0 Å². The zero-order chi connectivity index (χ0) is 12.5. The van der Waals surface area contributed by atoms with Gasteiger partial charge in [0.2, 0.25) is 0 Å². The van der Waals surface area contributed by atoms with Crippen LogP contribution in [-0.2, 0) is 18.9 Å². The highest BCUT2D eigenvalue weighted by Crippen LogP contribution is 2.43. The molecule has 2 heterocycles. The normalized spacial score (nSPS) is 47.3. The van der Waals surface area contributed by atoms with Gasteiger partial charge in [-0.3, -0.25) is 0 Å². The van der Waals surface area contributed by atoms with Crippen molar-refractivity contribution in [2.45, 2.75) is 57.9 Å². The van der Waals surface area contributed by atoms with E-state index in [0.717, 1.165) is 25.7 Å². The molecule has 0 aliphatic carbocycles. The third-order valence-electron chi connectivity index (χ3n) is 3.73. The van der Waals surface area contributed by atoms with Crippen LogP contribution < -0.4 is 0 Å². The lowest BCUT2D eigenvalue weighted by Gasteiger charge is -2.48. The van der Waals surface area contributed by atoms with E-state index in [-0.39, 0.29) is 12.6 Å².